The fourth-order valence-corrected chi connectivity index (χ4v) is 3.13. The number of nitrogens with zero attached hydrogens (tertiary/aromatic N) is 1. The van der Waals surface area contributed by atoms with E-state index >= 15 is 0 Å². The number of hydrogen-bond acceptors (Lipinski definition) is 3. The van der Waals surface area contributed by atoms with E-state index in [1.54, 1.807) is 0 Å². The number of nitro benzene ring substituents is 1. The van der Waals surface area contributed by atoms with E-state index in [2.05, 4.69) is 31.9 Å². The summed E-state index contributed by atoms with van der Waals surface area (Å²) in [6.45, 7) is 4.04. The Bertz CT molecular complexity index is 536. The summed E-state index contributed by atoms with van der Waals surface area (Å²) in [5, 5.41) is 11.0. The highest BCUT2D eigenvalue weighted by molar-refractivity contribution is 9.10. The standard InChI is InChI=1S/C12H12Br2FNO3/c1-12(2)9(14)5-10(12)19-11-7(13)3-6(15)4-8(11)16(17)18/h3-4,9-10H,5H2,1-2H3. The Morgan fingerprint density at radius 2 is 2.16 bits per heavy atom. The minimum Gasteiger partial charge on any atom is -0.482 e. The van der Waals surface area contributed by atoms with Crippen molar-refractivity contribution in [1.82, 2.24) is 0 Å². The second-order valence-corrected chi connectivity index (χ2v) is 7.08. The molecule has 4 nitrogen and oxygen atoms in total. The summed E-state index contributed by atoms with van der Waals surface area (Å²) in [6.07, 6.45) is 0.617. The lowest BCUT2D eigenvalue weighted by atomic mass is 9.69. The van der Waals surface area contributed by atoms with Crippen LogP contribution in [0.25, 0.3) is 0 Å². The molecule has 1 aromatic carbocycles. The van der Waals surface area contributed by atoms with E-state index in [1.807, 2.05) is 13.8 Å². The van der Waals surface area contributed by atoms with Crippen LogP contribution in [0.4, 0.5) is 10.1 Å². The minimum atomic E-state index is -0.669. The van der Waals surface area contributed by atoms with Gasteiger partial charge in [-0.25, -0.2) is 4.39 Å². The number of ether oxygens (including phenoxy) is 1. The van der Waals surface area contributed by atoms with Gasteiger partial charge in [0.1, 0.15) is 11.9 Å². The molecule has 1 aromatic rings. The molecule has 19 heavy (non-hydrogen) atoms. The van der Waals surface area contributed by atoms with Crippen LogP contribution in [-0.4, -0.2) is 15.9 Å². The summed E-state index contributed by atoms with van der Waals surface area (Å²) < 4.78 is 19.2. The van der Waals surface area contributed by atoms with Crippen LogP contribution in [0.15, 0.2) is 16.6 Å². The molecule has 0 N–H and O–H groups in total. The van der Waals surface area contributed by atoms with Gasteiger partial charge in [-0.15, -0.1) is 0 Å². The van der Waals surface area contributed by atoms with E-state index in [0.717, 1.165) is 12.5 Å². The second kappa shape index (κ2) is 5.01. The zero-order valence-electron chi connectivity index (χ0n) is 10.3. The largest absolute Gasteiger partial charge is 0.482 e. The van der Waals surface area contributed by atoms with E-state index in [9.17, 15) is 14.5 Å². The van der Waals surface area contributed by atoms with Gasteiger partial charge in [0, 0.05) is 10.2 Å². The van der Waals surface area contributed by atoms with Gasteiger partial charge < -0.3 is 4.74 Å². The summed E-state index contributed by atoms with van der Waals surface area (Å²) in [6, 6.07) is 2.04. The Hall–Kier alpha value is -0.690. The molecule has 0 aromatic heterocycles. The lowest BCUT2D eigenvalue weighted by Crippen LogP contribution is -2.53. The SMILES string of the molecule is CC1(C)C(Br)CC1Oc1c(Br)cc(F)cc1[N+](=O)[O-]. The first-order valence-electron chi connectivity index (χ1n) is 5.67. The molecule has 2 atom stereocenters. The molecule has 1 fully saturated rings. The third kappa shape index (κ3) is 2.63. The van der Waals surface area contributed by atoms with Crippen molar-refractivity contribution in [2.24, 2.45) is 5.41 Å². The lowest BCUT2D eigenvalue weighted by molar-refractivity contribution is -0.386. The van der Waals surface area contributed by atoms with Crippen molar-refractivity contribution >= 4 is 37.5 Å². The van der Waals surface area contributed by atoms with Crippen LogP contribution in [-0.2, 0) is 0 Å². The van der Waals surface area contributed by atoms with Gasteiger partial charge in [0.25, 0.3) is 0 Å². The van der Waals surface area contributed by atoms with Crippen molar-refractivity contribution in [3.63, 3.8) is 0 Å². The minimum absolute atomic E-state index is 0.0869. The number of alkyl halides is 1. The third-order valence-corrected chi connectivity index (χ3v) is 5.65. The van der Waals surface area contributed by atoms with Crippen molar-refractivity contribution in [1.29, 1.82) is 0 Å². The van der Waals surface area contributed by atoms with Crippen molar-refractivity contribution in [2.75, 3.05) is 0 Å². The van der Waals surface area contributed by atoms with Gasteiger partial charge in [-0.05, 0) is 28.4 Å². The average molecular weight is 397 g/mol. The Labute approximate surface area is 126 Å². The Kier molecular flexibility index (Phi) is 3.88. The number of rotatable bonds is 3. The number of hydrogen-bond donors (Lipinski definition) is 0. The quantitative estimate of drug-likeness (QED) is 0.431. The molecule has 0 saturated heterocycles. The highest BCUT2D eigenvalue weighted by atomic mass is 79.9. The van der Waals surface area contributed by atoms with Crippen LogP contribution in [0.2, 0.25) is 0 Å². The topological polar surface area (TPSA) is 52.4 Å². The fourth-order valence-electron chi connectivity index (χ4n) is 1.98. The molecular formula is C12H12Br2FNO3. The first-order valence-corrected chi connectivity index (χ1v) is 7.38. The van der Waals surface area contributed by atoms with Crippen LogP contribution >= 0.6 is 31.9 Å². The zero-order chi connectivity index (χ0) is 14.4. The lowest BCUT2D eigenvalue weighted by Gasteiger charge is -2.48. The van der Waals surface area contributed by atoms with E-state index in [0.29, 0.717) is 4.83 Å². The van der Waals surface area contributed by atoms with E-state index < -0.39 is 10.7 Å². The average Bonchev–Trinajstić information content (AvgIpc) is 2.30. The first-order chi connectivity index (χ1) is 8.73. The smallest absolute Gasteiger partial charge is 0.315 e. The Morgan fingerprint density at radius 3 is 2.63 bits per heavy atom. The molecule has 1 aliphatic rings. The third-order valence-electron chi connectivity index (χ3n) is 3.50. The zero-order valence-corrected chi connectivity index (χ0v) is 13.5. The molecule has 0 radical (unpaired) electrons. The van der Waals surface area contributed by atoms with Crippen molar-refractivity contribution < 1.29 is 14.1 Å². The van der Waals surface area contributed by atoms with Gasteiger partial charge in [-0.2, -0.15) is 0 Å². The maximum absolute atomic E-state index is 13.2. The van der Waals surface area contributed by atoms with Crippen LogP contribution in [0, 0.1) is 21.3 Å². The molecule has 1 aliphatic carbocycles. The molecule has 0 spiro atoms. The summed E-state index contributed by atoms with van der Waals surface area (Å²) in [4.78, 5) is 10.6. The molecule has 7 heteroatoms. The second-order valence-electron chi connectivity index (χ2n) is 5.12. The normalized spacial score (nSPS) is 24.7. The number of halogens is 3. The van der Waals surface area contributed by atoms with Crippen LogP contribution in [0.1, 0.15) is 20.3 Å². The molecule has 2 unspecified atom stereocenters. The number of benzene rings is 1. The fraction of sp³-hybridized carbons (Fsp3) is 0.500. The Morgan fingerprint density at radius 1 is 1.53 bits per heavy atom. The van der Waals surface area contributed by atoms with Gasteiger partial charge in [-0.1, -0.05) is 29.8 Å². The van der Waals surface area contributed by atoms with E-state index in [1.165, 1.54) is 6.07 Å². The van der Waals surface area contributed by atoms with Gasteiger partial charge in [0.15, 0.2) is 0 Å². The predicted octanol–water partition coefficient (Wildman–Crippen LogP) is 4.44. The van der Waals surface area contributed by atoms with Crippen molar-refractivity contribution in [2.45, 2.75) is 31.2 Å². The summed E-state index contributed by atoms with van der Waals surface area (Å²) in [5.41, 5.74) is -0.484. The van der Waals surface area contributed by atoms with Gasteiger partial charge in [-0.3, -0.25) is 10.1 Å². The monoisotopic (exact) mass is 395 g/mol. The molecule has 0 aliphatic heterocycles. The van der Waals surface area contributed by atoms with Crippen molar-refractivity contribution in [3.05, 3.63) is 32.5 Å². The predicted molar refractivity (Wildman–Crippen MR) is 76.3 cm³/mol. The molecule has 2 rings (SSSR count). The summed E-state index contributed by atoms with van der Waals surface area (Å²) in [7, 11) is 0. The first kappa shape index (κ1) is 14.7. The highest BCUT2D eigenvalue weighted by Gasteiger charge is 2.49. The summed E-state index contributed by atoms with van der Waals surface area (Å²) in [5.74, 6) is -0.582. The maximum Gasteiger partial charge on any atom is 0.315 e. The van der Waals surface area contributed by atoms with E-state index in [-0.39, 0.29) is 27.4 Å². The molecule has 1 saturated carbocycles. The number of nitro groups is 1. The van der Waals surface area contributed by atoms with Gasteiger partial charge in [0.05, 0.1) is 15.5 Å². The van der Waals surface area contributed by atoms with Gasteiger partial charge >= 0.3 is 5.69 Å². The van der Waals surface area contributed by atoms with Crippen LogP contribution in [0.5, 0.6) is 5.75 Å². The molecule has 0 heterocycles. The van der Waals surface area contributed by atoms with Crippen LogP contribution < -0.4 is 4.74 Å². The Balaban J connectivity index is 2.33. The highest BCUT2D eigenvalue weighted by Crippen LogP contribution is 2.49. The van der Waals surface area contributed by atoms with Crippen LogP contribution in [0.3, 0.4) is 0 Å². The molecule has 0 bridgehead atoms. The van der Waals surface area contributed by atoms with Crippen molar-refractivity contribution in [3.8, 4) is 5.75 Å². The molecular weight excluding hydrogens is 385 g/mol. The maximum atomic E-state index is 13.2. The summed E-state index contributed by atoms with van der Waals surface area (Å²) >= 11 is 6.65. The van der Waals surface area contributed by atoms with E-state index in [4.69, 9.17) is 4.74 Å². The molecule has 0 amide bonds. The van der Waals surface area contributed by atoms with Gasteiger partial charge in [0.2, 0.25) is 5.75 Å². The molecule has 104 valence electrons.